The van der Waals surface area contributed by atoms with E-state index in [1.165, 1.54) is 6.42 Å². The minimum atomic E-state index is 0.118. The second-order valence-corrected chi connectivity index (χ2v) is 3.34. The van der Waals surface area contributed by atoms with Crippen molar-refractivity contribution in [2.45, 2.75) is 25.3 Å². The third kappa shape index (κ3) is 1.89. The van der Waals surface area contributed by atoms with Crippen LogP contribution in [0, 0.1) is 0 Å². The van der Waals surface area contributed by atoms with Crippen molar-refractivity contribution < 1.29 is 9.63 Å². The van der Waals surface area contributed by atoms with Gasteiger partial charge in [-0.05, 0) is 19.4 Å². The van der Waals surface area contributed by atoms with Gasteiger partial charge in [-0.3, -0.25) is 0 Å². The van der Waals surface area contributed by atoms with Gasteiger partial charge in [-0.2, -0.15) is 0 Å². The summed E-state index contributed by atoms with van der Waals surface area (Å²) in [5.74, 6) is 0.770. The largest absolute Gasteiger partial charge is 0.396 e. The van der Waals surface area contributed by atoms with E-state index in [2.05, 4.69) is 10.5 Å². The first kappa shape index (κ1) is 8.72. The molecule has 0 bridgehead atoms. The number of nitrogens with zero attached hydrogens (tertiary/aromatic N) is 1. The third-order valence-corrected chi connectivity index (χ3v) is 2.35. The van der Waals surface area contributed by atoms with Crippen molar-refractivity contribution in [1.82, 2.24) is 10.5 Å². The molecule has 0 radical (unpaired) electrons. The molecule has 1 aliphatic heterocycles. The van der Waals surface area contributed by atoms with Gasteiger partial charge in [0.05, 0.1) is 12.6 Å². The summed E-state index contributed by atoms with van der Waals surface area (Å²) in [6, 6.07) is 2.29. The standard InChI is InChI=1S/C9H14N2O2/c12-5-3-7-6-9(11-13-7)8-2-1-4-10-8/h6,8,10,12H,1-5H2/t8-/m0/s1. The van der Waals surface area contributed by atoms with Crippen LogP contribution in [0.2, 0.25) is 0 Å². The Bertz CT molecular complexity index is 266. The van der Waals surface area contributed by atoms with Crippen LogP contribution < -0.4 is 5.32 Å². The van der Waals surface area contributed by atoms with Crippen LogP contribution in [0.4, 0.5) is 0 Å². The molecule has 0 aliphatic carbocycles. The van der Waals surface area contributed by atoms with Gasteiger partial charge in [-0.1, -0.05) is 5.16 Å². The Morgan fingerprint density at radius 3 is 3.31 bits per heavy atom. The van der Waals surface area contributed by atoms with E-state index in [0.29, 0.717) is 12.5 Å². The summed E-state index contributed by atoms with van der Waals surface area (Å²) < 4.78 is 5.07. The van der Waals surface area contributed by atoms with Crippen molar-refractivity contribution in [2.24, 2.45) is 0 Å². The van der Waals surface area contributed by atoms with Crippen molar-refractivity contribution >= 4 is 0 Å². The van der Waals surface area contributed by atoms with Gasteiger partial charge in [0.2, 0.25) is 0 Å². The van der Waals surface area contributed by atoms with Crippen molar-refractivity contribution in [3.8, 4) is 0 Å². The first-order chi connectivity index (χ1) is 6.40. The summed E-state index contributed by atoms with van der Waals surface area (Å²) in [5, 5.41) is 16.0. The van der Waals surface area contributed by atoms with Gasteiger partial charge < -0.3 is 14.9 Å². The molecule has 0 amide bonds. The molecule has 0 aromatic carbocycles. The highest BCUT2D eigenvalue weighted by Gasteiger charge is 2.19. The van der Waals surface area contributed by atoms with Crippen LogP contribution in [0.5, 0.6) is 0 Å². The summed E-state index contributed by atoms with van der Waals surface area (Å²) in [5.41, 5.74) is 0.973. The highest BCUT2D eigenvalue weighted by atomic mass is 16.5. The van der Waals surface area contributed by atoms with E-state index in [4.69, 9.17) is 9.63 Å². The van der Waals surface area contributed by atoms with E-state index in [-0.39, 0.29) is 6.61 Å². The number of nitrogens with one attached hydrogen (secondary N) is 1. The number of aliphatic hydroxyl groups is 1. The molecular weight excluding hydrogens is 168 g/mol. The Morgan fingerprint density at radius 1 is 1.69 bits per heavy atom. The van der Waals surface area contributed by atoms with Crippen molar-refractivity contribution in [3.63, 3.8) is 0 Å². The SMILES string of the molecule is OCCc1cc([C@@H]2CCCN2)no1. The fraction of sp³-hybridized carbons (Fsp3) is 0.667. The number of aromatic nitrogens is 1. The van der Waals surface area contributed by atoms with Crippen LogP contribution in [0.15, 0.2) is 10.6 Å². The average molecular weight is 182 g/mol. The fourth-order valence-electron chi connectivity index (χ4n) is 1.66. The lowest BCUT2D eigenvalue weighted by Gasteiger charge is -2.02. The minimum absolute atomic E-state index is 0.118. The zero-order valence-electron chi connectivity index (χ0n) is 7.49. The second-order valence-electron chi connectivity index (χ2n) is 3.34. The number of aliphatic hydroxyl groups excluding tert-OH is 1. The topological polar surface area (TPSA) is 58.3 Å². The van der Waals surface area contributed by atoms with Gasteiger partial charge in [0.25, 0.3) is 0 Å². The Labute approximate surface area is 76.9 Å². The van der Waals surface area contributed by atoms with E-state index in [0.717, 1.165) is 24.4 Å². The molecule has 1 saturated heterocycles. The van der Waals surface area contributed by atoms with E-state index < -0.39 is 0 Å². The molecule has 1 aromatic rings. The maximum atomic E-state index is 8.69. The molecule has 2 N–H and O–H groups in total. The monoisotopic (exact) mass is 182 g/mol. The van der Waals surface area contributed by atoms with Crippen molar-refractivity contribution in [1.29, 1.82) is 0 Å². The highest BCUT2D eigenvalue weighted by Crippen LogP contribution is 2.22. The molecule has 0 spiro atoms. The van der Waals surface area contributed by atoms with Crippen LogP contribution in [-0.2, 0) is 6.42 Å². The van der Waals surface area contributed by atoms with E-state index >= 15 is 0 Å². The van der Waals surface area contributed by atoms with Crippen molar-refractivity contribution in [3.05, 3.63) is 17.5 Å². The summed E-state index contributed by atoms with van der Waals surface area (Å²) in [6.07, 6.45) is 2.89. The third-order valence-electron chi connectivity index (χ3n) is 2.35. The summed E-state index contributed by atoms with van der Waals surface area (Å²) in [7, 11) is 0. The molecule has 0 unspecified atom stereocenters. The van der Waals surface area contributed by atoms with Gasteiger partial charge in [0, 0.05) is 12.5 Å². The Hall–Kier alpha value is -0.870. The number of hydrogen-bond donors (Lipinski definition) is 2. The first-order valence-corrected chi connectivity index (χ1v) is 4.70. The van der Waals surface area contributed by atoms with Gasteiger partial charge >= 0.3 is 0 Å². The molecule has 0 saturated carbocycles. The molecule has 1 fully saturated rings. The van der Waals surface area contributed by atoms with E-state index in [1.54, 1.807) is 0 Å². The first-order valence-electron chi connectivity index (χ1n) is 4.70. The van der Waals surface area contributed by atoms with Crippen LogP contribution in [0.1, 0.15) is 30.3 Å². The molecular formula is C9H14N2O2. The number of hydrogen-bond acceptors (Lipinski definition) is 4. The van der Waals surface area contributed by atoms with Gasteiger partial charge in [0.15, 0.2) is 0 Å². The van der Waals surface area contributed by atoms with Crippen LogP contribution in [0.3, 0.4) is 0 Å². The van der Waals surface area contributed by atoms with E-state index in [9.17, 15) is 0 Å². The lowest BCUT2D eigenvalue weighted by Crippen LogP contribution is -2.12. The summed E-state index contributed by atoms with van der Waals surface area (Å²) in [6.45, 7) is 1.18. The Kier molecular flexibility index (Phi) is 2.61. The van der Waals surface area contributed by atoms with Crippen molar-refractivity contribution in [2.75, 3.05) is 13.2 Å². The fourth-order valence-corrected chi connectivity index (χ4v) is 1.66. The molecule has 2 heterocycles. The molecule has 1 atom stereocenters. The zero-order chi connectivity index (χ0) is 9.10. The molecule has 4 nitrogen and oxygen atoms in total. The molecule has 2 rings (SSSR count). The molecule has 1 aromatic heterocycles. The quantitative estimate of drug-likeness (QED) is 0.720. The average Bonchev–Trinajstić information content (AvgIpc) is 2.70. The smallest absolute Gasteiger partial charge is 0.139 e. The zero-order valence-corrected chi connectivity index (χ0v) is 7.49. The lowest BCUT2D eigenvalue weighted by atomic mass is 10.1. The maximum absolute atomic E-state index is 8.69. The normalized spacial score (nSPS) is 22.4. The van der Waals surface area contributed by atoms with E-state index in [1.807, 2.05) is 6.07 Å². The Morgan fingerprint density at radius 2 is 2.62 bits per heavy atom. The van der Waals surface area contributed by atoms with Crippen LogP contribution in [0.25, 0.3) is 0 Å². The molecule has 1 aliphatic rings. The number of rotatable bonds is 3. The second kappa shape index (κ2) is 3.89. The predicted octanol–water partition coefficient (Wildman–Crippen LogP) is 0.634. The molecule has 4 heteroatoms. The Balaban J connectivity index is 2.03. The van der Waals surface area contributed by atoms with Gasteiger partial charge in [-0.25, -0.2) is 0 Å². The predicted molar refractivity (Wildman–Crippen MR) is 47.3 cm³/mol. The van der Waals surface area contributed by atoms with Crippen LogP contribution in [-0.4, -0.2) is 23.4 Å². The van der Waals surface area contributed by atoms with Crippen LogP contribution >= 0.6 is 0 Å². The lowest BCUT2D eigenvalue weighted by molar-refractivity contribution is 0.276. The van der Waals surface area contributed by atoms with Gasteiger partial charge in [-0.15, -0.1) is 0 Å². The minimum Gasteiger partial charge on any atom is -0.396 e. The maximum Gasteiger partial charge on any atom is 0.139 e. The summed E-state index contributed by atoms with van der Waals surface area (Å²) in [4.78, 5) is 0. The van der Waals surface area contributed by atoms with Gasteiger partial charge in [0.1, 0.15) is 11.5 Å². The summed E-state index contributed by atoms with van der Waals surface area (Å²) >= 11 is 0. The molecule has 13 heavy (non-hydrogen) atoms. The molecule has 72 valence electrons. The highest BCUT2D eigenvalue weighted by molar-refractivity contribution is 5.11.